The van der Waals surface area contributed by atoms with Crippen LogP contribution in [0.4, 0.5) is 10.5 Å². The van der Waals surface area contributed by atoms with Crippen molar-refractivity contribution in [2.45, 2.75) is 6.42 Å². The Labute approximate surface area is 133 Å². The van der Waals surface area contributed by atoms with E-state index in [0.717, 1.165) is 4.90 Å². The van der Waals surface area contributed by atoms with Gasteiger partial charge in [0, 0.05) is 17.3 Å². The Morgan fingerprint density at radius 2 is 1.86 bits per heavy atom. The third kappa shape index (κ3) is 6.01. The maximum absolute atomic E-state index is 12.2. The van der Waals surface area contributed by atoms with E-state index in [1.54, 1.807) is 24.3 Å². The minimum Gasteiger partial charge on any atom is -0.469 e. The molecule has 1 aromatic carbocycles. The monoisotopic (exact) mass is 328 g/mol. The SMILES string of the molecule is COC(=O)CCN(CC(=O)OC)C(=O)Nc1cccc(Cl)c1. The van der Waals surface area contributed by atoms with Crippen molar-refractivity contribution in [3.8, 4) is 0 Å². The molecule has 7 nitrogen and oxygen atoms in total. The lowest BCUT2D eigenvalue weighted by molar-refractivity contribution is -0.143. The first kappa shape index (κ1) is 17.8. The van der Waals surface area contributed by atoms with Crippen LogP contribution in [0, 0.1) is 0 Å². The van der Waals surface area contributed by atoms with Gasteiger partial charge in [-0.1, -0.05) is 17.7 Å². The normalized spacial score (nSPS) is 9.77. The average molecular weight is 329 g/mol. The van der Waals surface area contributed by atoms with E-state index in [0.29, 0.717) is 10.7 Å². The number of urea groups is 1. The summed E-state index contributed by atoms with van der Waals surface area (Å²) in [7, 11) is 2.47. The molecule has 2 amide bonds. The quantitative estimate of drug-likeness (QED) is 0.806. The predicted octanol–water partition coefficient (Wildman–Crippen LogP) is 1.91. The molecule has 1 rings (SSSR count). The zero-order valence-corrected chi connectivity index (χ0v) is 13.1. The van der Waals surface area contributed by atoms with Crippen LogP contribution in [-0.2, 0) is 19.1 Å². The molecular formula is C14H17ClN2O5. The number of amides is 2. The maximum atomic E-state index is 12.2. The van der Waals surface area contributed by atoms with Crippen LogP contribution in [-0.4, -0.2) is 50.2 Å². The van der Waals surface area contributed by atoms with Gasteiger partial charge in [0.25, 0.3) is 0 Å². The van der Waals surface area contributed by atoms with Crippen molar-refractivity contribution in [3.63, 3.8) is 0 Å². The number of esters is 2. The van der Waals surface area contributed by atoms with Crippen molar-refractivity contribution in [1.29, 1.82) is 0 Å². The summed E-state index contributed by atoms with van der Waals surface area (Å²) in [5.41, 5.74) is 0.477. The van der Waals surface area contributed by atoms with Crippen LogP contribution in [0.15, 0.2) is 24.3 Å². The molecule has 0 saturated carbocycles. The van der Waals surface area contributed by atoms with Crippen molar-refractivity contribution >= 4 is 35.3 Å². The van der Waals surface area contributed by atoms with Crippen molar-refractivity contribution in [3.05, 3.63) is 29.3 Å². The number of carbonyl (C=O) groups is 3. The molecule has 0 spiro atoms. The van der Waals surface area contributed by atoms with E-state index in [1.807, 2.05) is 0 Å². The molecule has 120 valence electrons. The molecule has 0 bridgehead atoms. The summed E-state index contributed by atoms with van der Waals surface area (Å²) < 4.78 is 9.05. The highest BCUT2D eigenvalue weighted by molar-refractivity contribution is 6.30. The molecule has 0 aliphatic heterocycles. The number of rotatable bonds is 6. The van der Waals surface area contributed by atoms with Crippen LogP contribution in [0.2, 0.25) is 5.02 Å². The number of benzene rings is 1. The summed E-state index contributed by atoms with van der Waals surface area (Å²) in [5, 5.41) is 3.06. The first-order valence-corrected chi connectivity index (χ1v) is 6.79. The fraction of sp³-hybridized carbons (Fsp3) is 0.357. The summed E-state index contributed by atoms with van der Waals surface area (Å²) in [6.07, 6.45) is -0.0313. The fourth-order valence-electron chi connectivity index (χ4n) is 1.57. The van der Waals surface area contributed by atoms with Crippen molar-refractivity contribution < 1.29 is 23.9 Å². The summed E-state index contributed by atoms with van der Waals surface area (Å²) in [6, 6.07) is 6.02. The van der Waals surface area contributed by atoms with Gasteiger partial charge < -0.3 is 19.7 Å². The lowest BCUT2D eigenvalue weighted by atomic mass is 10.3. The van der Waals surface area contributed by atoms with Crippen molar-refractivity contribution in [2.24, 2.45) is 0 Å². The standard InChI is InChI=1S/C14H17ClN2O5/c1-21-12(18)6-7-17(9-13(19)22-2)14(20)16-11-5-3-4-10(15)8-11/h3-5,8H,6-7,9H2,1-2H3,(H,16,20). The second kappa shape index (κ2) is 8.89. The smallest absolute Gasteiger partial charge is 0.325 e. The first-order valence-electron chi connectivity index (χ1n) is 6.41. The highest BCUT2D eigenvalue weighted by Gasteiger charge is 2.19. The zero-order valence-electron chi connectivity index (χ0n) is 12.3. The van der Waals surface area contributed by atoms with Gasteiger partial charge in [-0.15, -0.1) is 0 Å². The summed E-state index contributed by atoms with van der Waals surface area (Å²) in [6.45, 7) is -0.256. The lowest BCUT2D eigenvalue weighted by Crippen LogP contribution is -2.40. The van der Waals surface area contributed by atoms with E-state index in [9.17, 15) is 14.4 Å². The highest BCUT2D eigenvalue weighted by Crippen LogP contribution is 2.15. The van der Waals surface area contributed by atoms with E-state index in [-0.39, 0.29) is 19.5 Å². The number of hydrogen-bond acceptors (Lipinski definition) is 5. The van der Waals surface area contributed by atoms with Gasteiger partial charge in [0.1, 0.15) is 6.54 Å². The molecule has 1 aromatic rings. The number of methoxy groups -OCH3 is 2. The molecule has 0 saturated heterocycles. The Morgan fingerprint density at radius 3 is 2.45 bits per heavy atom. The van der Waals surface area contributed by atoms with Crippen molar-refractivity contribution in [2.75, 3.05) is 32.6 Å². The third-order valence-corrected chi connectivity index (χ3v) is 2.96. The molecule has 0 unspecified atom stereocenters. The molecule has 1 N–H and O–H groups in total. The Morgan fingerprint density at radius 1 is 1.18 bits per heavy atom. The molecule has 0 aliphatic carbocycles. The molecule has 22 heavy (non-hydrogen) atoms. The van der Waals surface area contributed by atoms with Crippen LogP contribution < -0.4 is 5.32 Å². The van der Waals surface area contributed by atoms with Gasteiger partial charge in [0.15, 0.2) is 0 Å². The Balaban J connectivity index is 2.73. The second-order valence-electron chi connectivity index (χ2n) is 4.26. The molecule has 0 aliphatic rings. The summed E-state index contributed by atoms with van der Waals surface area (Å²) in [4.78, 5) is 35.9. The van der Waals surface area contributed by atoms with E-state index in [2.05, 4.69) is 14.8 Å². The predicted molar refractivity (Wildman–Crippen MR) is 80.7 cm³/mol. The van der Waals surface area contributed by atoms with Gasteiger partial charge >= 0.3 is 18.0 Å². The maximum Gasteiger partial charge on any atom is 0.325 e. The third-order valence-electron chi connectivity index (χ3n) is 2.72. The van der Waals surface area contributed by atoms with Gasteiger partial charge in [-0.3, -0.25) is 9.59 Å². The van der Waals surface area contributed by atoms with E-state index in [1.165, 1.54) is 14.2 Å². The largest absolute Gasteiger partial charge is 0.469 e. The molecule has 0 heterocycles. The zero-order chi connectivity index (χ0) is 16.5. The number of hydrogen-bond donors (Lipinski definition) is 1. The topological polar surface area (TPSA) is 84.9 Å². The van der Waals surface area contributed by atoms with Gasteiger partial charge in [-0.25, -0.2) is 4.79 Å². The van der Waals surface area contributed by atoms with Gasteiger partial charge in [0.05, 0.1) is 20.6 Å². The molecule has 0 aromatic heterocycles. The molecule has 0 radical (unpaired) electrons. The lowest BCUT2D eigenvalue weighted by Gasteiger charge is -2.21. The van der Waals surface area contributed by atoms with E-state index >= 15 is 0 Å². The molecule has 0 atom stereocenters. The van der Waals surface area contributed by atoms with Crippen molar-refractivity contribution in [1.82, 2.24) is 4.90 Å². The number of ether oxygens (including phenoxy) is 2. The van der Waals surface area contributed by atoms with E-state index in [4.69, 9.17) is 11.6 Å². The Hall–Kier alpha value is -2.28. The van der Waals surface area contributed by atoms with Crippen LogP contribution in [0.3, 0.4) is 0 Å². The second-order valence-corrected chi connectivity index (χ2v) is 4.70. The summed E-state index contributed by atoms with van der Waals surface area (Å²) >= 11 is 5.84. The van der Waals surface area contributed by atoms with E-state index < -0.39 is 18.0 Å². The fourth-order valence-corrected chi connectivity index (χ4v) is 1.76. The van der Waals surface area contributed by atoms with Gasteiger partial charge in [0.2, 0.25) is 0 Å². The number of carbonyl (C=O) groups excluding carboxylic acids is 3. The number of nitrogens with zero attached hydrogens (tertiary/aromatic N) is 1. The van der Waals surface area contributed by atoms with Crippen LogP contribution in [0.5, 0.6) is 0 Å². The number of nitrogens with one attached hydrogen (secondary N) is 1. The minimum absolute atomic E-state index is 0.0220. The van der Waals surface area contributed by atoms with Gasteiger partial charge in [-0.05, 0) is 18.2 Å². The number of anilines is 1. The molecule has 8 heteroatoms. The van der Waals surface area contributed by atoms with Crippen LogP contribution in [0.1, 0.15) is 6.42 Å². The Kier molecular flexibility index (Phi) is 7.18. The molecular weight excluding hydrogens is 312 g/mol. The Bertz CT molecular complexity index is 550. The van der Waals surface area contributed by atoms with Crippen LogP contribution >= 0.6 is 11.6 Å². The first-order chi connectivity index (χ1) is 10.5. The highest BCUT2D eigenvalue weighted by atomic mass is 35.5. The minimum atomic E-state index is -0.592. The average Bonchev–Trinajstić information content (AvgIpc) is 2.50. The molecule has 0 fully saturated rings. The number of halogens is 1. The van der Waals surface area contributed by atoms with Crippen LogP contribution in [0.25, 0.3) is 0 Å². The van der Waals surface area contributed by atoms with Gasteiger partial charge in [-0.2, -0.15) is 0 Å². The summed E-state index contributed by atoms with van der Waals surface area (Å²) in [5.74, 6) is -1.07.